The van der Waals surface area contributed by atoms with E-state index in [1.54, 1.807) is 48.7 Å². The molecule has 5 fully saturated rings. The SMILES string of the molecule is CC[C@H]1OC(=O)[C@H](C)[C@@H](O[C@H]2C[C@@](C)(OC)[C@@H](O)[C@H](C)O2)[C@H](C)[C@@H](O[C@@H]2O[C@H](C)C[C@H]3[C@H]2OC(=NCCN2CCOCC2)N3C)[C@](C)(OC)C[C@@H](C)C(=O)[C@H](C)[C@@H](O)[C@]1(C)O. The van der Waals surface area contributed by atoms with Crippen molar-refractivity contribution in [2.45, 2.75) is 179 Å². The van der Waals surface area contributed by atoms with Crippen molar-refractivity contribution in [1.29, 1.82) is 0 Å². The molecule has 0 amide bonds. The van der Waals surface area contributed by atoms with Crippen LogP contribution in [0.4, 0.5) is 0 Å². The van der Waals surface area contributed by atoms with E-state index in [1.165, 1.54) is 14.0 Å². The van der Waals surface area contributed by atoms with Gasteiger partial charge in [-0.25, -0.2) is 4.99 Å². The molecule has 0 aliphatic carbocycles. The highest BCUT2D eigenvalue weighted by Crippen LogP contribution is 2.43. The summed E-state index contributed by atoms with van der Waals surface area (Å²) in [6.45, 7) is 21.9. The third-order valence-electron chi connectivity index (χ3n) is 14.4. The first kappa shape index (κ1) is 50.0. The minimum atomic E-state index is -1.97. The highest BCUT2D eigenvalue weighted by Gasteiger charge is 2.56. The zero-order valence-corrected chi connectivity index (χ0v) is 38.9. The number of esters is 1. The number of hydrogen-bond donors (Lipinski definition) is 3. The van der Waals surface area contributed by atoms with Crippen LogP contribution in [0.5, 0.6) is 0 Å². The summed E-state index contributed by atoms with van der Waals surface area (Å²) in [6.07, 6.45) is -7.87. The van der Waals surface area contributed by atoms with Crippen molar-refractivity contribution in [3.63, 3.8) is 0 Å². The summed E-state index contributed by atoms with van der Waals surface area (Å²) in [5, 5.41) is 34.4. The van der Waals surface area contributed by atoms with Gasteiger partial charge in [0.05, 0.1) is 73.4 Å². The quantitative estimate of drug-likeness (QED) is 0.271. The van der Waals surface area contributed by atoms with Gasteiger partial charge >= 0.3 is 5.97 Å². The normalized spacial score (nSPS) is 46.8. The Bertz CT molecular complexity index is 1500. The van der Waals surface area contributed by atoms with Crippen molar-refractivity contribution >= 4 is 17.8 Å². The molecule has 0 radical (unpaired) electrons. The summed E-state index contributed by atoms with van der Waals surface area (Å²) >= 11 is 0. The summed E-state index contributed by atoms with van der Waals surface area (Å²) in [4.78, 5) is 37.9. The monoisotopic (exact) mass is 872 g/mol. The largest absolute Gasteiger partial charge is 0.459 e. The lowest BCUT2D eigenvalue weighted by atomic mass is 9.74. The molecule has 0 aromatic rings. The van der Waals surface area contributed by atoms with Crippen LogP contribution in [0.2, 0.25) is 0 Å². The van der Waals surface area contributed by atoms with Gasteiger partial charge in [0.15, 0.2) is 18.7 Å². The molecule has 5 heterocycles. The fraction of sp³-hybridized carbons (Fsp3) is 0.932. The number of ketones is 1. The number of nitrogens with zero attached hydrogens (tertiary/aromatic N) is 3. The lowest BCUT2D eigenvalue weighted by Gasteiger charge is -2.49. The highest BCUT2D eigenvalue weighted by molar-refractivity contribution is 5.83. The Hall–Kier alpha value is -2.03. The van der Waals surface area contributed by atoms with Crippen LogP contribution in [0.25, 0.3) is 0 Å². The van der Waals surface area contributed by atoms with Crippen LogP contribution in [-0.2, 0) is 52.2 Å². The minimum Gasteiger partial charge on any atom is -0.459 e. The number of fused-ring (bicyclic) bond motifs is 1. The van der Waals surface area contributed by atoms with Crippen LogP contribution in [-0.4, -0.2) is 188 Å². The second-order valence-electron chi connectivity index (χ2n) is 19.0. The Morgan fingerprint density at radius 2 is 1.52 bits per heavy atom. The Kier molecular flexibility index (Phi) is 16.7. The molecule has 5 aliphatic rings. The van der Waals surface area contributed by atoms with Crippen LogP contribution in [0.15, 0.2) is 4.99 Å². The van der Waals surface area contributed by atoms with E-state index in [-0.39, 0.29) is 37.2 Å². The van der Waals surface area contributed by atoms with Crippen molar-refractivity contribution in [3.05, 3.63) is 0 Å². The molecule has 17 nitrogen and oxygen atoms in total. The molecular weight excluding hydrogens is 794 g/mol. The maximum absolute atomic E-state index is 14.4. The van der Waals surface area contributed by atoms with E-state index in [2.05, 4.69) is 4.90 Å². The molecule has 5 aliphatic heterocycles. The van der Waals surface area contributed by atoms with E-state index in [1.807, 2.05) is 32.7 Å². The molecule has 0 aromatic carbocycles. The maximum atomic E-state index is 14.4. The Morgan fingerprint density at radius 3 is 2.15 bits per heavy atom. The van der Waals surface area contributed by atoms with Gasteiger partial charge in [0.25, 0.3) is 6.02 Å². The third kappa shape index (κ3) is 10.8. The predicted octanol–water partition coefficient (Wildman–Crippen LogP) is 2.54. The van der Waals surface area contributed by atoms with Crippen LogP contribution in [0.3, 0.4) is 0 Å². The van der Waals surface area contributed by atoms with Crippen LogP contribution >= 0.6 is 0 Å². The number of carbonyl (C=O) groups excluding carboxylic acids is 2. The summed E-state index contributed by atoms with van der Waals surface area (Å²) in [6, 6.07) is 0.372. The topological polar surface area (TPSA) is 197 Å². The second kappa shape index (κ2) is 20.4. The smallest absolute Gasteiger partial charge is 0.311 e. The van der Waals surface area contributed by atoms with Crippen LogP contribution < -0.4 is 0 Å². The summed E-state index contributed by atoms with van der Waals surface area (Å²) in [5.41, 5.74) is -4.24. The number of aliphatic imine (C=N–C) groups is 1. The molecular formula is C44H77N3O14. The van der Waals surface area contributed by atoms with Crippen molar-refractivity contribution in [2.75, 3.05) is 60.7 Å². The number of Topliss-reactive ketones (excluding diaryl/α,β-unsaturated/α-hetero) is 1. The Balaban J connectivity index is 1.56. The number of methoxy groups -OCH3 is 2. The van der Waals surface area contributed by atoms with Crippen molar-refractivity contribution in [2.24, 2.45) is 28.7 Å². The molecule has 5 rings (SSSR count). The first-order valence-corrected chi connectivity index (χ1v) is 22.4. The summed E-state index contributed by atoms with van der Waals surface area (Å²) in [5.74, 6) is -4.39. The molecule has 0 spiro atoms. The molecule has 352 valence electrons. The molecule has 0 aromatic heterocycles. The van der Waals surface area contributed by atoms with E-state index in [0.29, 0.717) is 32.2 Å². The van der Waals surface area contributed by atoms with E-state index in [9.17, 15) is 24.9 Å². The molecule has 18 atom stereocenters. The number of rotatable bonds is 10. The van der Waals surface area contributed by atoms with Gasteiger partial charge < -0.3 is 62.9 Å². The first-order chi connectivity index (χ1) is 28.6. The van der Waals surface area contributed by atoms with Gasteiger partial charge in [0.1, 0.15) is 23.6 Å². The Labute approximate surface area is 363 Å². The number of cyclic esters (lactones) is 1. The third-order valence-corrected chi connectivity index (χ3v) is 14.4. The van der Waals surface area contributed by atoms with E-state index < -0.39 is 102 Å². The fourth-order valence-electron chi connectivity index (χ4n) is 10.2. The highest BCUT2D eigenvalue weighted by atomic mass is 16.7. The van der Waals surface area contributed by atoms with E-state index >= 15 is 0 Å². The number of aliphatic hydroxyl groups excluding tert-OH is 2. The zero-order chi connectivity index (χ0) is 45.2. The summed E-state index contributed by atoms with van der Waals surface area (Å²) < 4.78 is 57.2. The lowest BCUT2D eigenvalue weighted by Crippen LogP contribution is -2.61. The first-order valence-electron chi connectivity index (χ1n) is 22.4. The number of hydrogen-bond acceptors (Lipinski definition) is 16. The molecule has 0 bridgehead atoms. The fourth-order valence-corrected chi connectivity index (χ4v) is 10.2. The van der Waals surface area contributed by atoms with Gasteiger partial charge in [-0.05, 0) is 60.8 Å². The molecule has 61 heavy (non-hydrogen) atoms. The molecule has 0 unspecified atom stereocenters. The predicted molar refractivity (Wildman–Crippen MR) is 224 cm³/mol. The summed E-state index contributed by atoms with van der Waals surface area (Å²) in [7, 11) is 5.04. The van der Waals surface area contributed by atoms with Gasteiger partial charge in [0.2, 0.25) is 0 Å². The molecule has 0 saturated carbocycles. The number of carbonyl (C=O) groups is 2. The lowest BCUT2D eigenvalue weighted by molar-refractivity contribution is -0.315. The van der Waals surface area contributed by atoms with Gasteiger partial charge in [-0.15, -0.1) is 0 Å². The Morgan fingerprint density at radius 1 is 0.869 bits per heavy atom. The van der Waals surface area contributed by atoms with Crippen molar-refractivity contribution in [3.8, 4) is 0 Å². The zero-order valence-electron chi connectivity index (χ0n) is 38.9. The van der Waals surface area contributed by atoms with E-state index in [0.717, 1.165) is 19.6 Å². The van der Waals surface area contributed by atoms with Gasteiger partial charge in [0, 0.05) is 65.1 Å². The number of aliphatic hydroxyl groups is 3. The average molecular weight is 872 g/mol. The average Bonchev–Trinajstić information content (AvgIpc) is 3.55. The minimum absolute atomic E-state index is 0.128. The van der Waals surface area contributed by atoms with Crippen LogP contribution in [0, 0.1) is 23.7 Å². The van der Waals surface area contributed by atoms with Gasteiger partial charge in [-0.3, -0.25) is 14.5 Å². The second-order valence-corrected chi connectivity index (χ2v) is 19.0. The van der Waals surface area contributed by atoms with Crippen LogP contribution in [0.1, 0.15) is 94.9 Å². The number of amidine groups is 1. The maximum Gasteiger partial charge on any atom is 0.311 e. The molecule has 17 heteroatoms. The van der Waals surface area contributed by atoms with Gasteiger partial charge in [-0.1, -0.05) is 27.7 Å². The van der Waals surface area contributed by atoms with Gasteiger partial charge in [-0.2, -0.15) is 0 Å². The van der Waals surface area contributed by atoms with E-state index in [4.69, 9.17) is 47.6 Å². The molecule has 5 saturated heterocycles. The number of likely N-dealkylation sites (N-methyl/N-ethyl adjacent to an activating group) is 1. The standard InChI is InChI=1S/C44H77N3O14/c1-14-31-44(10,52)36(49)26(4)33(48)24(2)22-43(9,54-13)38(27(5)34(28(6)39(51)58-31)59-32-23-42(8,53-12)37(50)29(7)57-32)61-40-35-30(21-25(3)56-40)46(11)41(60-35)45-15-16-47-17-19-55-20-18-47/h24-32,34-38,40,49-50,52H,14-23H2,1-13H3/t24-,25-,26+,27+,28-,29+,30+,31-,32+,34+,35-,36-,37+,38-,40+,42-,43-,44-/m1/s1. The number of morpholine rings is 1. The van der Waals surface area contributed by atoms with Crippen molar-refractivity contribution in [1.82, 2.24) is 9.80 Å². The molecule has 3 N–H and O–H groups in total. The number of ether oxygens (including phenoxy) is 9. The van der Waals surface area contributed by atoms with Crippen molar-refractivity contribution < 1.29 is 67.5 Å².